The third-order valence-corrected chi connectivity index (χ3v) is 0.998. The number of carbonyl (C=O) groups excluding carboxylic acids is 2. The summed E-state index contributed by atoms with van der Waals surface area (Å²) < 4.78 is 3.75. The van der Waals surface area contributed by atoms with Crippen molar-refractivity contribution in [3.63, 3.8) is 0 Å². The molecule has 13 heavy (non-hydrogen) atoms. The number of ether oxygens (including phenoxy) is 1. The molecule has 0 unspecified atom stereocenters. The highest BCUT2D eigenvalue weighted by Crippen LogP contribution is 1.79. The predicted molar refractivity (Wildman–Crippen MR) is 48.8 cm³/mol. The first-order chi connectivity index (χ1) is 6.31. The van der Waals surface area contributed by atoms with Gasteiger partial charge < -0.3 is 4.74 Å². The maximum Gasteiger partial charge on any atom is 0.337 e. The first-order valence-electron chi connectivity index (χ1n) is 3.58. The lowest BCUT2D eigenvalue weighted by atomic mass is 10.4. The molecule has 0 amide bonds. The van der Waals surface area contributed by atoms with Crippen molar-refractivity contribution in [2.24, 2.45) is 0 Å². The zero-order chi connectivity index (χ0) is 9.94. The van der Waals surface area contributed by atoms with E-state index in [0.29, 0.717) is 0 Å². The predicted octanol–water partition coefficient (Wildman–Crippen LogP) is 1.56. The zero-order valence-electron chi connectivity index (χ0n) is 7.05. The quantitative estimate of drug-likeness (QED) is 0.299. The van der Waals surface area contributed by atoms with Crippen LogP contribution in [0.15, 0.2) is 49.1 Å². The number of rotatable bonds is 2. The van der Waals surface area contributed by atoms with Gasteiger partial charge in [0, 0.05) is 6.08 Å². The molecule has 0 aliphatic heterocycles. The Balaban J connectivity index is 0.000000223. The second kappa shape index (κ2) is 8.20. The fourth-order valence-electron chi connectivity index (χ4n) is 0.480. The summed E-state index contributed by atoms with van der Waals surface area (Å²) in [5, 5.41) is 0. The minimum Gasteiger partial charge on any atom is -0.392 e. The van der Waals surface area contributed by atoms with Crippen LogP contribution in [0.2, 0.25) is 0 Å². The van der Waals surface area contributed by atoms with Gasteiger partial charge >= 0.3 is 12.4 Å². The minimum atomic E-state index is -0.727. The van der Waals surface area contributed by atoms with Gasteiger partial charge in [-0.3, -0.25) is 4.79 Å². The first kappa shape index (κ1) is 11.1. The van der Waals surface area contributed by atoms with Gasteiger partial charge in [-0.25, -0.2) is 4.79 Å². The molecule has 0 aromatic heterocycles. The highest BCUT2D eigenvalue weighted by Gasteiger charge is 1.87. The Morgan fingerprint density at radius 3 is 1.62 bits per heavy atom. The monoisotopic (exact) mass is 178 g/mol. The lowest BCUT2D eigenvalue weighted by Gasteiger charge is -1.81. The molecule has 0 aliphatic carbocycles. The third-order valence-electron chi connectivity index (χ3n) is 0.998. The summed E-state index contributed by atoms with van der Waals surface area (Å²) in [6.07, 6.45) is 0.911. The second-order valence-electron chi connectivity index (χ2n) is 1.89. The molecule has 0 atom stereocenters. The van der Waals surface area contributed by atoms with E-state index in [0.717, 1.165) is 6.08 Å². The van der Waals surface area contributed by atoms with Gasteiger partial charge in [0.05, 0.1) is 0 Å². The van der Waals surface area contributed by atoms with Crippen LogP contribution in [0.3, 0.4) is 0 Å². The van der Waals surface area contributed by atoms with Gasteiger partial charge in [0.2, 0.25) is 0 Å². The van der Waals surface area contributed by atoms with Gasteiger partial charge in [0.25, 0.3) is 0 Å². The molecule has 1 aromatic carbocycles. The van der Waals surface area contributed by atoms with Crippen LogP contribution in [0.5, 0.6) is 0 Å². The minimum absolute atomic E-state index is 0.0595. The van der Waals surface area contributed by atoms with Gasteiger partial charge in [-0.2, -0.15) is 0 Å². The molecule has 1 rings (SSSR count). The maximum absolute atomic E-state index is 9.84. The van der Waals surface area contributed by atoms with E-state index in [1.54, 1.807) is 0 Å². The molecule has 68 valence electrons. The largest absolute Gasteiger partial charge is 0.392 e. The van der Waals surface area contributed by atoms with E-state index in [2.05, 4.69) is 11.3 Å². The molecule has 0 saturated heterocycles. The van der Waals surface area contributed by atoms with Crippen LogP contribution >= 0.6 is 0 Å². The molecular formula is C10H10O3. The van der Waals surface area contributed by atoms with Crippen molar-refractivity contribution in [2.45, 2.75) is 0 Å². The van der Waals surface area contributed by atoms with Crippen LogP contribution in [-0.2, 0) is 14.3 Å². The van der Waals surface area contributed by atoms with Crippen molar-refractivity contribution in [3.8, 4) is 0 Å². The number of benzene rings is 1. The number of hydrogen-bond donors (Lipinski definition) is 0. The summed E-state index contributed by atoms with van der Waals surface area (Å²) in [4.78, 5) is 19.1. The average molecular weight is 178 g/mol. The molecule has 0 fully saturated rings. The Morgan fingerprint density at radius 2 is 1.46 bits per heavy atom. The molecule has 1 aromatic rings. The smallest absolute Gasteiger partial charge is 0.337 e. The van der Waals surface area contributed by atoms with Gasteiger partial charge in [0.15, 0.2) is 0 Å². The van der Waals surface area contributed by atoms with Crippen molar-refractivity contribution < 1.29 is 14.3 Å². The number of hydrogen-bond acceptors (Lipinski definition) is 3. The standard InChI is InChI=1S/C6H6.C4H4O3/c1-2-4-6-5-3-1;1-2-4(6)7-3-5/h1-6H;2-3H,1H2. The zero-order valence-corrected chi connectivity index (χ0v) is 7.05. The summed E-state index contributed by atoms with van der Waals surface area (Å²) >= 11 is 0. The van der Waals surface area contributed by atoms with Gasteiger partial charge in [0.1, 0.15) is 0 Å². The van der Waals surface area contributed by atoms with Crippen molar-refractivity contribution in [1.82, 2.24) is 0 Å². The Morgan fingerprint density at radius 1 is 1.08 bits per heavy atom. The van der Waals surface area contributed by atoms with Crippen molar-refractivity contribution in [3.05, 3.63) is 49.1 Å². The van der Waals surface area contributed by atoms with E-state index in [4.69, 9.17) is 0 Å². The maximum atomic E-state index is 9.84. The Bertz CT molecular complexity index is 227. The summed E-state index contributed by atoms with van der Waals surface area (Å²) in [6, 6.07) is 12.0. The molecule has 0 radical (unpaired) electrons. The fraction of sp³-hybridized carbons (Fsp3) is 0. The highest BCUT2D eigenvalue weighted by atomic mass is 16.6. The highest BCUT2D eigenvalue weighted by molar-refractivity contribution is 5.85. The van der Waals surface area contributed by atoms with E-state index in [-0.39, 0.29) is 6.47 Å². The van der Waals surface area contributed by atoms with Crippen LogP contribution in [0.4, 0.5) is 0 Å². The molecule has 0 heterocycles. The molecule has 0 aliphatic rings. The van der Waals surface area contributed by atoms with Gasteiger partial charge in [-0.15, -0.1) is 0 Å². The lowest BCUT2D eigenvalue weighted by molar-refractivity contribution is -0.147. The molecule has 0 spiro atoms. The molecule has 3 nitrogen and oxygen atoms in total. The molecule has 0 saturated carbocycles. The molecule has 0 bridgehead atoms. The van der Waals surface area contributed by atoms with E-state index >= 15 is 0 Å². The topological polar surface area (TPSA) is 43.4 Å². The van der Waals surface area contributed by atoms with E-state index in [9.17, 15) is 9.59 Å². The lowest BCUT2D eigenvalue weighted by Crippen LogP contribution is -1.95. The van der Waals surface area contributed by atoms with Crippen LogP contribution in [0, 0.1) is 0 Å². The number of esters is 1. The van der Waals surface area contributed by atoms with E-state index < -0.39 is 5.97 Å². The third kappa shape index (κ3) is 8.00. The molecule has 3 heteroatoms. The van der Waals surface area contributed by atoms with Crippen LogP contribution < -0.4 is 0 Å². The summed E-state index contributed by atoms with van der Waals surface area (Å²) in [5.41, 5.74) is 0. The van der Waals surface area contributed by atoms with Crippen LogP contribution in [0.25, 0.3) is 0 Å². The molecule has 0 N–H and O–H groups in total. The first-order valence-corrected chi connectivity index (χ1v) is 3.58. The fourth-order valence-corrected chi connectivity index (χ4v) is 0.480. The van der Waals surface area contributed by atoms with Crippen molar-refractivity contribution in [2.75, 3.05) is 0 Å². The van der Waals surface area contributed by atoms with Gasteiger partial charge in [-0.1, -0.05) is 43.0 Å². The summed E-state index contributed by atoms with van der Waals surface area (Å²) in [5.74, 6) is -0.727. The Labute approximate surface area is 76.6 Å². The normalized spacial score (nSPS) is 7.38. The van der Waals surface area contributed by atoms with Crippen molar-refractivity contribution >= 4 is 12.4 Å². The number of carbonyl (C=O) groups is 2. The average Bonchev–Trinajstić information content (AvgIpc) is 2.22. The van der Waals surface area contributed by atoms with Crippen LogP contribution in [0.1, 0.15) is 0 Å². The summed E-state index contributed by atoms with van der Waals surface area (Å²) in [7, 11) is 0. The van der Waals surface area contributed by atoms with E-state index in [1.807, 2.05) is 36.4 Å². The van der Waals surface area contributed by atoms with Gasteiger partial charge in [-0.05, 0) is 0 Å². The summed E-state index contributed by atoms with van der Waals surface area (Å²) in [6.45, 7) is 3.11. The van der Waals surface area contributed by atoms with Crippen molar-refractivity contribution in [1.29, 1.82) is 0 Å². The SMILES string of the molecule is C=CC(=O)OC=O.c1ccccc1. The van der Waals surface area contributed by atoms with E-state index in [1.165, 1.54) is 0 Å². The Hall–Kier alpha value is -1.90. The Kier molecular flexibility index (Phi) is 7.00. The second-order valence-corrected chi connectivity index (χ2v) is 1.89. The molecular weight excluding hydrogens is 168 g/mol. The van der Waals surface area contributed by atoms with Crippen LogP contribution in [-0.4, -0.2) is 12.4 Å².